The van der Waals surface area contributed by atoms with Gasteiger partial charge in [0.25, 0.3) is 0 Å². The Hall–Kier alpha value is -3.80. The quantitative estimate of drug-likeness (QED) is 0.331. The van der Waals surface area contributed by atoms with E-state index < -0.39 is 0 Å². The zero-order valence-corrected chi connectivity index (χ0v) is 20.0. The van der Waals surface area contributed by atoms with E-state index in [4.69, 9.17) is 14.5 Å². The number of hydrogen-bond acceptors (Lipinski definition) is 4. The van der Waals surface area contributed by atoms with E-state index in [0.29, 0.717) is 13.0 Å². The third kappa shape index (κ3) is 5.57. The Bertz CT molecular complexity index is 1250. The molecular formula is C28H31N3O3. The van der Waals surface area contributed by atoms with Crippen LogP contribution in [0.4, 0.5) is 0 Å². The van der Waals surface area contributed by atoms with E-state index in [1.807, 2.05) is 80.6 Å². The minimum Gasteiger partial charge on any atom is -0.497 e. The van der Waals surface area contributed by atoms with E-state index in [-0.39, 0.29) is 11.9 Å². The number of methoxy groups -OCH3 is 1. The van der Waals surface area contributed by atoms with Gasteiger partial charge in [0.15, 0.2) is 0 Å². The number of aryl methyl sites for hydroxylation is 2. The van der Waals surface area contributed by atoms with Crippen LogP contribution in [0.1, 0.15) is 36.3 Å². The highest BCUT2D eigenvalue weighted by atomic mass is 16.5. The number of imidazole rings is 1. The van der Waals surface area contributed by atoms with Crippen LogP contribution in [0.5, 0.6) is 11.5 Å². The molecule has 1 amide bonds. The fraction of sp³-hybridized carbons (Fsp3) is 0.286. The lowest BCUT2D eigenvalue weighted by molar-refractivity contribution is -0.121. The van der Waals surface area contributed by atoms with Gasteiger partial charge in [-0.3, -0.25) is 4.79 Å². The van der Waals surface area contributed by atoms with Crippen molar-refractivity contribution in [1.82, 2.24) is 14.9 Å². The van der Waals surface area contributed by atoms with Crippen molar-refractivity contribution in [1.29, 1.82) is 0 Å². The second-order valence-electron chi connectivity index (χ2n) is 8.39. The first-order chi connectivity index (χ1) is 16.5. The summed E-state index contributed by atoms with van der Waals surface area (Å²) in [7, 11) is 1.63. The Labute approximate surface area is 200 Å². The number of benzene rings is 3. The van der Waals surface area contributed by atoms with Crippen LogP contribution in [0.2, 0.25) is 0 Å². The Balaban J connectivity index is 1.43. The molecule has 1 N–H and O–H groups in total. The van der Waals surface area contributed by atoms with Crippen molar-refractivity contribution < 1.29 is 14.3 Å². The highest BCUT2D eigenvalue weighted by Crippen LogP contribution is 2.22. The number of fused-ring (bicyclic) bond motifs is 1. The van der Waals surface area contributed by atoms with Crippen LogP contribution < -0.4 is 14.8 Å². The first-order valence-electron chi connectivity index (χ1n) is 11.6. The molecule has 3 aromatic carbocycles. The summed E-state index contributed by atoms with van der Waals surface area (Å²) >= 11 is 0. The van der Waals surface area contributed by atoms with Crippen LogP contribution in [0, 0.1) is 6.92 Å². The Kier molecular flexibility index (Phi) is 7.48. The standard InChI is InChI=1S/C28H31N3O3/c1-20-9-4-7-12-26(20)34-18-8-17-31-25-11-6-5-10-24(25)30-28(31)21(2)29-27(32)19-22-13-15-23(33-3)16-14-22/h4-7,9-16,21H,8,17-19H2,1-3H3,(H,29,32). The highest BCUT2D eigenvalue weighted by Gasteiger charge is 2.18. The SMILES string of the molecule is COc1ccc(CC(=O)NC(C)c2nc3ccccc3n2CCCOc2ccccc2C)cc1. The number of para-hydroxylation sites is 3. The van der Waals surface area contributed by atoms with E-state index in [9.17, 15) is 4.79 Å². The maximum absolute atomic E-state index is 12.7. The second kappa shape index (κ2) is 10.9. The van der Waals surface area contributed by atoms with Crippen molar-refractivity contribution in [3.05, 3.63) is 89.7 Å². The van der Waals surface area contributed by atoms with E-state index in [1.54, 1.807) is 7.11 Å². The number of aromatic nitrogens is 2. The van der Waals surface area contributed by atoms with Crippen LogP contribution in [0.15, 0.2) is 72.8 Å². The average molecular weight is 458 g/mol. The normalized spacial score (nSPS) is 11.9. The zero-order valence-electron chi connectivity index (χ0n) is 20.0. The monoisotopic (exact) mass is 457 g/mol. The second-order valence-corrected chi connectivity index (χ2v) is 8.39. The maximum atomic E-state index is 12.7. The van der Waals surface area contributed by atoms with Gasteiger partial charge in [0.2, 0.25) is 5.91 Å². The van der Waals surface area contributed by atoms with Gasteiger partial charge in [-0.05, 0) is 61.7 Å². The van der Waals surface area contributed by atoms with Crippen LogP contribution in [0.25, 0.3) is 11.0 Å². The fourth-order valence-electron chi connectivity index (χ4n) is 4.07. The molecule has 1 atom stereocenters. The van der Waals surface area contributed by atoms with Crippen molar-refractivity contribution in [2.45, 2.75) is 39.3 Å². The molecule has 0 bridgehead atoms. The summed E-state index contributed by atoms with van der Waals surface area (Å²) < 4.78 is 13.4. The molecule has 1 aromatic heterocycles. The van der Waals surface area contributed by atoms with Crippen LogP contribution >= 0.6 is 0 Å². The lowest BCUT2D eigenvalue weighted by atomic mass is 10.1. The van der Waals surface area contributed by atoms with Gasteiger partial charge in [-0.1, -0.05) is 42.5 Å². The number of carbonyl (C=O) groups excluding carboxylic acids is 1. The van der Waals surface area contributed by atoms with Gasteiger partial charge in [-0.2, -0.15) is 0 Å². The molecule has 0 saturated carbocycles. The smallest absolute Gasteiger partial charge is 0.224 e. The first kappa shape index (κ1) is 23.4. The van der Waals surface area contributed by atoms with Gasteiger partial charge in [-0.15, -0.1) is 0 Å². The summed E-state index contributed by atoms with van der Waals surface area (Å²) in [4.78, 5) is 17.6. The number of amides is 1. The van der Waals surface area contributed by atoms with Crippen molar-refractivity contribution in [3.8, 4) is 11.5 Å². The first-order valence-corrected chi connectivity index (χ1v) is 11.6. The zero-order chi connectivity index (χ0) is 23.9. The van der Waals surface area contributed by atoms with Crippen LogP contribution in [-0.4, -0.2) is 29.2 Å². The molecule has 4 aromatic rings. The van der Waals surface area contributed by atoms with Crippen molar-refractivity contribution in [2.24, 2.45) is 0 Å². The van der Waals surface area contributed by atoms with Crippen LogP contribution in [0.3, 0.4) is 0 Å². The van der Waals surface area contributed by atoms with Gasteiger partial charge in [-0.25, -0.2) is 4.98 Å². The summed E-state index contributed by atoms with van der Waals surface area (Å²) in [6, 6.07) is 23.4. The molecule has 6 nitrogen and oxygen atoms in total. The molecule has 0 radical (unpaired) electrons. The number of ether oxygens (including phenoxy) is 2. The predicted octanol–water partition coefficient (Wildman–Crippen LogP) is 5.24. The summed E-state index contributed by atoms with van der Waals surface area (Å²) in [5, 5.41) is 3.11. The molecule has 0 saturated heterocycles. The fourth-order valence-corrected chi connectivity index (χ4v) is 4.07. The van der Waals surface area contributed by atoms with Gasteiger partial charge < -0.3 is 19.4 Å². The minimum absolute atomic E-state index is 0.0424. The molecule has 1 heterocycles. The van der Waals surface area contributed by atoms with Crippen molar-refractivity contribution in [2.75, 3.05) is 13.7 Å². The van der Waals surface area contributed by atoms with E-state index >= 15 is 0 Å². The third-order valence-corrected chi connectivity index (χ3v) is 5.85. The predicted molar refractivity (Wildman–Crippen MR) is 134 cm³/mol. The van der Waals surface area contributed by atoms with Crippen molar-refractivity contribution >= 4 is 16.9 Å². The number of rotatable bonds is 10. The molecule has 0 spiro atoms. The topological polar surface area (TPSA) is 65.4 Å². The number of nitrogens with one attached hydrogen (secondary N) is 1. The highest BCUT2D eigenvalue weighted by molar-refractivity contribution is 5.79. The number of hydrogen-bond donors (Lipinski definition) is 1. The lowest BCUT2D eigenvalue weighted by Crippen LogP contribution is -2.30. The third-order valence-electron chi connectivity index (χ3n) is 5.85. The van der Waals surface area contributed by atoms with Gasteiger partial charge in [0, 0.05) is 6.54 Å². The molecule has 6 heteroatoms. The molecular weight excluding hydrogens is 426 g/mol. The van der Waals surface area contributed by atoms with E-state index in [1.165, 1.54) is 0 Å². The summed E-state index contributed by atoms with van der Waals surface area (Å²) in [5.74, 6) is 2.49. The molecule has 0 fully saturated rings. The molecule has 0 aliphatic rings. The molecule has 4 rings (SSSR count). The van der Waals surface area contributed by atoms with Crippen LogP contribution in [-0.2, 0) is 17.8 Å². The summed E-state index contributed by atoms with van der Waals surface area (Å²) in [6.45, 7) is 5.38. The Morgan fingerprint density at radius 1 is 1.03 bits per heavy atom. The number of nitrogens with zero attached hydrogens (tertiary/aromatic N) is 2. The van der Waals surface area contributed by atoms with E-state index in [0.717, 1.165) is 52.4 Å². The van der Waals surface area contributed by atoms with Gasteiger partial charge >= 0.3 is 0 Å². The molecule has 176 valence electrons. The summed E-state index contributed by atoms with van der Waals surface area (Å²) in [6.07, 6.45) is 1.13. The molecule has 0 aliphatic heterocycles. The lowest BCUT2D eigenvalue weighted by Gasteiger charge is -2.17. The molecule has 0 aliphatic carbocycles. The van der Waals surface area contributed by atoms with E-state index in [2.05, 4.69) is 16.0 Å². The van der Waals surface area contributed by atoms with Gasteiger partial charge in [0.05, 0.1) is 37.2 Å². The average Bonchev–Trinajstić information content (AvgIpc) is 3.22. The van der Waals surface area contributed by atoms with Crippen molar-refractivity contribution in [3.63, 3.8) is 0 Å². The number of carbonyl (C=O) groups is 1. The largest absolute Gasteiger partial charge is 0.497 e. The Morgan fingerprint density at radius 2 is 1.76 bits per heavy atom. The summed E-state index contributed by atoms with van der Waals surface area (Å²) in [5.41, 5.74) is 4.05. The Morgan fingerprint density at radius 3 is 2.53 bits per heavy atom. The van der Waals surface area contributed by atoms with Gasteiger partial charge in [0.1, 0.15) is 17.3 Å². The maximum Gasteiger partial charge on any atom is 0.224 e. The minimum atomic E-state index is -0.226. The molecule has 1 unspecified atom stereocenters. The molecule has 34 heavy (non-hydrogen) atoms.